The molecule has 124 valence electrons. The zero-order valence-corrected chi connectivity index (χ0v) is 14.4. The first kappa shape index (κ1) is 15.9. The molecule has 2 aromatic rings. The molecule has 1 aliphatic carbocycles. The fraction of sp³-hybridized carbons (Fsp3) is 0.526. The van der Waals surface area contributed by atoms with Gasteiger partial charge in [-0.05, 0) is 43.4 Å². The summed E-state index contributed by atoms with van der Waals surface area (Å²) < 4.78 is 7.45. The molecule has 1 unspecified atom stereocenters. The van der Waals surface area contributed by atoms with Crippen LogP contribution in [0.1, 0.15) is 50.4 Å². The summed E-state index contributed by atoms with van der Waals surface area (Å²) in [5.41, 5.74) is 3.63. The highest BCUT2D eigenvalue weighted by molar-refractivity contribution is 5.49. The van der Waals surface area contributed by atoms with E-state index in [0.717, 1.165) is 29.5 Å². The van der Waals surface area contributed by atoms with Crippen LogP contribution in [0.5, 0.6) is 5.75 Å². The van der Waals surface area contributed by atoms with Gasteiger partial charge >= 0.3 is 0 Å². The summed E-state index contributed by atoms with van der Waals surface area (Å²) in [6, 6.07) is 8.86. The quantitative estimate of drug-likeness (QED) is 0.788. The number of nitrogens with zero attached hydrogens (tertiary/aromatic N) is 2. The molecular formula is C19H27N3O. The van der Waals surface area contributed by atoms with Gasteiger partial charge < -0.3 is 10.1 Å². The van der Waals surface area contributed by atoms with Crippen molar-refractivity contribution in [2.45, 2.75) is 45.6 Å². The fourth-order valence-corrected chi connectivity index (χ4v) is 3.03. The number of aryl methyl sites for hydroxylation is 2. The number of hydrogen-bond donors (Lipinski definition) is 1. The highest BCUT2D eigenvalue weighted by atomic mass is 16.5. The number of hydrogen-bond acceptors (Lipinski definition) is 3. The second kappa shape index (κ2) is 7.07. The Hall–Kier alpha value is -1.97. The van der Waals surface area contributed by atoms with Crippen molar-refractivity contribution in [2.24, 2.45) is 13.0 Å². The molecule has 0 aliphatic heterocycles. The van der Waals surface area contributed by atoms with Crippen LogP contribution in [-0.2, 0) is 13.5 Å². The Morgan fingerprint density at radius 1 is 1.26 bits per heavy atom. The van der Waals surface area contributed by atoms with Crippen LogP contribution in [0, 0.1) is 5.92 Å². The van der Waals surface area contributed by atoms with Crippen LogP contribution in [0.2, 0.25) is 0 Å². The summed E-state index contributed by atoms with van der Waals surface area (Å²) in [6.07, 6.45) is 6.95. The van der Waals surface area contributed by atoms with E-state index in [1.807, 2.05) is 18.7 Å². The molecule has 1 aliphatic rings. The standard InChI is InChI=1S/C19H27N3O/c1-4-17-19(13-22(3)21-17)20-18(12-14-6-7-14)15-8-10-16(11-9-15)23-5-2/h8-11,13-14,18,20H,4-7,12H2,1-3H3. The summed E-state index contributed by atoms with van der Waals surface area (Å²) >= 11 is 0. The molecule has 1 N–H and O–H groups in total. The Balaban J connectivity index is 1.79. The monoisotopic (exact) mass is 313 g/mol. The number of aromatic nitrogens is 2. The highest BCUT2D eigenvalue weighted by Crippen LogP contribution is 2.39. The second-order valence-corrected chi connectivity index (χ2v) is 6.39. The molecule has 0 radical (unpaired) electrons. The fourth-order valence-electron chi connectivity index (χ4n) is 3.03. The molecule has 1 heterocycles. The number of benzene rings is 1. The van der Waals surface area contributed by atoms with E-state index < -0.39 is 0 Å². The maximum atomic E-state index is 5.56. The molecule has 3 rings (SSSR count). The number of ether oxygens (including phenoxy) is 1. The summed E-state index contributed by atoms with van der Waals surface area (Å²) in [5.74, 6) is 1.80. The summed E-state index contributed by atoms with van der Waals surface area (Å²) in [5, 5.41) is 8.28. The summed E-state index contributed by atoms with van der Waals surface area (Å²) in [4.78, 5) is 0. The molecule has 0 amide bonds. The zero-order chi connectivity index (χ0) is 16.2. The normalized spacial score (nSPS) is 15.4. The van der Waals surface area contributed by atoms with Gasteiger partial charge in [0.15, 0.2) is 0 Å². The third-order valence-corrected chi connectivity index (χ3v) is 4.43. The number of rotatable bonds is 8. The maximum Gasteiger partial charge on any atom is 0.119 e. The van der Waals surface area contributed by atoms with Gasteiger partial charge in [-0.3, -0.25) is 4.68 Å². The van der Waals surface area contributed by atoms with E-state index in [-0.39, 0.29) is 0 Å². The van der Waals surface area contributed by atoms with Gasteiger partial charge in [0.05, 0.1) is 24.0 Å². The molecule has 1 aromatic carbocycles. The lowest BCUT2D eigenvalue weighted by Crippen LogP contribution is -2.12. The molecule has 4 nitrogen and oxygen atoms in total. The van der Waals surface area contributed by atoms with Crippen LogP contribution in [0.3, 0.4) is 0 Å². The average molecular weight is 313 g/mol. The van der Waals surface area contributed by atoms with Gasteiger partial charge in [-0.25, -0.2) is 0 Å². The van der Waals surface area contributed by atoms with Crippen molar-refractivity contribution in [3.8, 4) is 5.75 Å². The third-order valence-electron chi connectivity index (χ3n) is 4.43. The number of nitrogens with one attached hydrogen (secondary N) is 1. The van der Waals surface area contributed by atoms with Crippen LogP contribution in [0.25, 0.3) is 0 Å². The first-order chi connectivity index (χ1) is 11.2. The number of anilines is 1. The van der Waals surface area contributed by atoms with Gasteiger partial charge in [0.2, 0.25) is 0 Å². The van der Waals surface area contributed by atoms with Gasteiger partial charge in [-0.15, -0.1) is 0 Å². The van der Waals surface area contributed by atoms with E-state index in [4.69, 9.17) is 4.74 Å². The topological polar surface area (TPSA) is 39.1 Å². The first-order valence-electron chi connectivity index (χ1n) is 8.71. The van der Waals surface area contributed by atoms with Crippen LogP contribution in [0.15, 0.2) is 30.5 Å². The minimum atomic E-state index is 0.340. The van der Waals surface area contributed by atoms with E-state index in [0.29, 0.717) is 12.6 Å². The summed E-state index contributed by atoms with van der Waals surface area (Å²) in [6.45, 7) is 4.87. The van der Waals surface area contributed by atoms with Crippen molar-refractivity contribution in [1.29, 1.82) is 0 Å². The molecular weight excluding hydrogens is 286 g/mol. The first-order valence-corrected chi connectivity index (χ1v) is 8.71. The molecule has 1 fully saturated rings. The van der Waals surface area contributed by atoms with Crippen LogP contribution in [0.4, 0.5) is 5.69 Å². The van der Waals surface area contributed by atoms with Crippen molar-refractivity contribution in [3.63, 3.8) is 0 Å². The molecule has 23 heavy (non-hydrogen) atoms. The van der Waals surface area contributed by atoms with E-state index in [9.17, 15) is 0 Å². The maximum absolute atomic E-state index is 5.56. The Kier molecular flexibility index (Phi) is 4.89. The molecule has 1 aromatic heterocycles. The van der Waals surface area contributed by atoms with Crippen LogP contribution in [-0.4, -0.2) is 16.4 Å². The average Bonchev–Trinajstić information content (AvgIpc) is 3.29. The summed E-state index contributed by atoms with van der Waals surface area (Å²) in [7, 11) is 1.98. The molecule has 1 saturated carbocycles. The van der Waals surface area contributed by atoms with Crippen molar-refractivity contribution < 1.29 is 4.74 Å². The van der Waals surface area contributed by atoms with E-state index >= 15 is 0 Å². The van der Waals surface area contributed by atoms with E-state index in [1.165, 1.54) is 24.8 Å². The van der Waals surface area contributed by atoms with Crippen LogP contribution < -0.4 is 10.1 Å². The van der Waals surface area contributed by atoms with Crippen molar-refractivity contribution >= 4 is 5.69 Å². The van der Waals surface area contributed by atoms with Crippen molar-refractivity contribution in [1.82, 2.24) is 9.78 Å². The Morgan fingerprint density at radius 2 is 2.00 bits per heavy atom. The molecule has 0 spiro atoms. The highest BCUT2D eigenvalue weighted by Gasteiger charge is 2.27. The largest absolute Gasteiger partial charge is 0.494 e. The SMILES string of the molecule is CCOc1ccc(C(CC2CC2)Nc2cn(C)nc2CC)cc1. The third kappa shape index (κ3) is 4.06. The lowest BCUT2D eigenvalue weighted by atomic mass is 10.0. The Morgan fingerprint density at radius 3 is 2.61 bits per heavy atom. The Labute approximate surface area is 138 Å². The van der Waals surface area contributed by atoms with Crippen molar-refractivity contribution in [2.75, 3.05) is 11.9 Å². The Bertz CT molecular complexity index is 629. The predicted octanol–water partition coefficient (Wildman–Crippen LogP) is 4.33. The lowest BCUT2D eigenvalue weighted by molar-refractivity contribution is 0.340. The minimum Gasteiger partial charge on any atom is -0.494 e. The van der Waals surface area contributed by atoms with E-state index in [1.54, 1.807) is 0 Å². The zero-order valence-electron chi connectivity index (χ0n) is 14.4. The van der Waals surface area contributed by atoms with E-state index in [2.05, 4.69) is 47.8 Å². The molecule has 4 heteroatoms. The van der Waals surface area contributed by atoms with Crippen molar-refractivity contribution in [3.05, 3.63) is 41.7 Å². The molecule has 0 saturated heterocycles. The van der Waals surface area contributed by atoms with Crippen LogP contribution >= 0.6 is 0 Å². The smallest absolute Gasteiger partial charge is 0.119 e. The van der Waals surface area contributed by atoms with Gasteiger partial charge in [0.1, 0.15) is 5.75 Å². The minimum absolute atomic E-state index is 0.340. The van der Waals surface area contributed by atoms with Gasteiger partial charge in [-0.2, -0.15) is 5.10 Å². The van der Waals surface area contributed by atoms with Gasteiger partial charge in [0.25, 0.3) is 0 Å². The van der Waals surface area contributed by atoms with Gasteiger partial charge in [0, 0.05) is 13.2 Å². The molecule has 0 bridgehead atoms. The second-order valence-electron chi connectivity index (χ2n) is 6.39. The predicted molar refractivity (Wildman–Crippen MR) is 93.9 cm³/mol. The van der Waals surface area contributed by atoms with Gasteiger partial charge in [-0.1, -0.05) is 31.9 Å². The lowest BCUT2D eigenvalue weighted by Gasteiger charge is -2.20. The molecule has 1 atom stereocenters.